The van der Waals surface area contributed by atoms with Gasteiger partial charge in [0, 0.05) is 29.7 Å². The minimum atomic E-state index is 0.0940. The third-order valence-corrected chi connectivity index (χ3v) is 5.40. The fourth-order valence-electron chi connectivity index (χ4n) is 3.11. The minimum absolute atomic E-state index is 0.0940. The maximum Gasteiger partial charge on any atom is 0.181 e. The molecule has 0 amide bonds. The van der Waals surface area contributed by atoms with Gasteiger partial charge < -0.3 is 20.9 Å². The first-order chi connectivity index (χ1) is 15.2. The van der Waals surface area contributed by atoms with Crippen molar-refractivity contribution in [3.05, 3.63) is 72.1 Å². The van der Waals surface area contributed by atoms with Gasteiger partial charge in [-0.05, 0) is 54.8 Å². The summed E-state index contributed by atoms with van der Waals surface area (Å²) in [5.74, 6) is 7.05. The third-order valence-electron chi connectivity index (χ3n) is 4.57. The van der Waals surface area contributed by atoms with Crippen LogP contribution in [0.5, 0.6) is 11.5 Å². The van der Waals surface area contributed by atoms with Gasteiger partial charge in [0.05, 0.1) is 17.9 Å². The maximum atomic E-state index is 10.1. The summed E-state index contributed by atoms with van der Waals surface area (Å²) in [5, 5.41) is 13.8. The van der Waals surface area contributed by atoms with E-state index in [9.17, 15) is 5.11 Å². The van der Waals surface area contributed by atoms with Crippen LogP contribution < -0.4 is 15.8 Å². The number of ether oxygens (including phenoxy) is 1. The number of nitrogen functional groups attached to an aromatic ring is 1. The number of pyridine rings is 1. The molecule has 2 heterocycles. The van der Waals surface area contributed by atoms with Crippen molar-refractivity contribution in [1.82, 2.24) is 9.97 Å². The molecule has 4 aromatic rings. The molecule has 2 aromatic heterocycles. The summed E-state index contributed by atoms with van der Waals surface area (Å²) >= 11 is 1.33. The summed E-state index contributed by atoms with van der Waals surface area (Å²) in [6, 6.07) is 15.4. The molecule has 2 aromatic carbocycles. The number of hydrogen-bond donors (Lipinski definition) is 3. The number of nitrogens with one attached hydrogen (secondary N) is 1. The highest BCUT2D eigenvalue weighted by Gasteiger charge is 2.07. The van der Waals surface area contributed by atoms with Gasteiger partial charge in [-0.2, -0.15) is 0 Å². The van der Waals surface area contributed by atoms with Crippen molar-refractivity contribution in [3.8, 4) is 23.3 Å². The van der Waals surface area contributed by atoms with E-state index in [1.54, 1.807) is 6.07 Å². The van der Waals surface area contributed by atoms with Crippen LogP contribution in [0.1, 0.15) is 17.5 Å². The average molecular weight is 431 g/mol. The molecule has 7 heteroatoms. The summed E-state index contributed by atoms with van der Waals surface area (Å²) in [6.45, 7) is 1.12. The topological polar surface area (TPSA) is 93.3 Å². The predicted molar refractivity (Wildman–Crippen MR) is 126 cm³/mol. The molecule has 4 rings (SSSR count). The highest BCUT2D eigenvalue weighted by Crippen LogP contribution is 2.31. The first-order valence-electron chi connectivity index (χ1n) is 9.91. The van der Waals surface area contributed by atoms with Crippen LogP contribution in [-0.2, 0) is 6.42 Å². The van der Waals surface area contributed by atoms with E-state index in [4.69, 9.17) is 10.5 Å². The molecule has 0 saturated heterocycles. The Balaban J connectivity index is 1.28. The number of fused-ring (bicyclic) bond motifs is 1. The van der Waals surface area contributed by atoms with Gasteiger partial charge in [0.25, 0.3) is 0 Å². The fraction of sp³-hybridized carbons (Fsp3) is 0.167. The molecule has 31 heavy (non-hydrogen) atoms. The van der Waals surface area contributed by atoms with Gasteiger partial charge in [-0.25, -0.2) is 4.98 Å². The van der Waals surface area contributed by atoms with E-state index in [0.717, 1.165) is 34.5 Å². The second-order valence-corrected chi connectivity index (χ2v) is 7.95. The fourth-order valence-corrected chi connectivity index (χ4v) is 3.90. The second-order valence-electron chi connectivity index (χ2n) is 6.88. The van der Waals surface area contributed by atoms with Crippen LogP contribution >= 0.6 is 11.3 Å². The molecule has 0 unspecified atom stereocenters. The summed E-state index contributed by atoms with van der Waals surface area (Å²) in [5.41, 5.74) is 9.15. The zero-order chi connectivity index (χ0) is 21.5. The van der Waals surface area contributed by atoms with Gasteiger partial charge in [-0.15, -0.1) is 0 Å². The Hall–Kier alpha value is -3.76. The van der Waals surface area contributed by atoms with E-state index < -0.39 is 0 Å². The number of rotatable bonds is 7. The van der Waals surface area contributed by atoms with E-state index in [-0.39, 0.29) is 5.75 Å². The van der Waals surface area contributed by atoms with Crippen molar-refractivity contribution in [2.45, 2.75) is 12.8 Å². The summed E-state index contributed by atoms with van der Waals surface area (Å²) in [4.78, 5) is 8.14. The molecular formula is C24H22N4O2S. The van der Waals surface area contributed by atoms with E-state index in [1.165, 1.54) is 16.9 Å². The summed E-state index contributed by atoms with van der Waals surface area (Å²) < 4.78 is 6.69. The number of phenolic OH excluding ortho intramolecular Hbond substituents is 1. The summed E-state index contributed by atoms with van der Waals surface area (Å²) in [6.07, 6.45) is 5.52. The Morgan fingerprint density at radius 2 is 2.00 bits per heavy atom. The SMILES string of the molecule is Nc1nc2c(O)cc(C#CCNc3cccc(OCCCc4ccncc4)c3)cc2s1. The molecule has 4 N–H and O–H groups in total. The van der Waals surface area contributed by atoms with Crippen molar-refractivity contribution in [2.75, 3.05) is 24.2 Å². The Bertz CT molecular complexity index is 1230. The van der Waals surface area contributed by atoms with Gasteiger partial charge in [-0.1, -0.05) is 29.2 Å². The quantitative estimate of drug-likeness (QED) is 0.296. The van der Waals surface area contributed by atoms with Gasteiger partial charge in [-0.3, -0.25) is 4.98 Å². The van der Waals surface area contributed by atoms with E-state index in [1.807, 2.05) is 54.9 Å². The Morgan fingerprint density at radius 3 is 2.87 bits per heavy atom. The zero-order valence-electron chi connectivity index (χ0n) is 16.8. The molecule has 0 bridgehead atoms. The van der Waals surface area contributed by atoms with Crippen molar-refractivity contribution in [2.24, 2.45) is 0 Å². The lowest BCUT2D eigenvalue weighted by Gasteiger charge is -2.08. The van der Waals surface area contributed by atoms with Crippen LogP contribution in [0.4, 0.5) is 10.8 Å². The van der Waals surface area contributed by atoms with Crippen LogP contribution in [0, 0.1) is 11.8 Å². The number of hydrogen-bond acceptors (Lipinski definition) is 7. The second kappa shape index (κ2) is 9.83. The van der Waals surface area contributed by atoms with Crippen LogP contribution in [0.15, 0.2) is 60.9 Å². The molecule has 0 atom stereocenters. The largest absolute Gasteiger partial charge is 0.506 e. The minimum Gasteiger partial charge on any atom is -0.506 e. The smallest absolute Gasteiger partial charge is 0.181 e. The molecule has 6 nitrogen and oxygen atoms in total. The number of aryl methyl sites for hydroxylation is 1. The first-order valence-corrected chi connectivity index (χ1v) is 10.7. The van der Waals surface area contributed by atoms with E-state index >= 15 is 0 Å². The summed E-state index contributed by atoms with van der Waals surface area (Å²) in [7, 11) is 0. The molecule has 0 aliphatic carbocycles. The van der Waals surface area contributed by atoms with Crippen molar-refractivity contribution in [3.63, 3.8) is 0 Å². The van der Waals surface area contributed by atoms with Gasteiger partial charge >= 0.3 is 0 Å². The lowest BCUT2D eigenvalue weighted by Crippen LogP contribution is -2.01. The average Bonchev–Trinajstić information content (AvgIpc) is 3.16. The molecule has 156 valence electrons. The van der Waals surface area contributed by atoms with Crippen molar-refractivity contribution in [1.29, 1.82) is 0 Å². The lowest BCUT2D eigenvalue weighted by molar-refractivity contribution is 0.311. The normalized spacial score (nSPS) is 10.5. The van der Waals surface area contributed by atoms with Crippen molar-refractivity contribution < 1.29 is 9.84 Å². The standard InChI is InChI=1S/C24H22N4O2S/c25-24-28-23-21(29)14-18(15-22(23)31-24)4-2-10-27-19-6-1-7-20(16-19)30-13-3-5-17-8-11-26-12-9-17/h1,6-9,11-12,14-16,27,29H,3,5,10,13H2,(H2,25,28). The Labute approximate surface area is 184 Å². The molecule has 0 radical (unpaired) electrons. The monoisotopic (exact) mass is 430 g/mol. The molecule has 0 aliphatic rings. The maximum absolute atomic E-state index is 10.1. The third kappa shape index (κ3) is 5.65. The molecule has 0 aliphatic heterocycles. The van der Waals surface area contributed by atoms with Gasteiger partial charge in [0.15, 0.2) is 5.13 Å². The van der Waals surface area contributed by atoms with Crippen LogP contribution in [0.3, 0.4) is 0 Å². The number of thiazole rings is 1. The zero-order valence-corrected chi connectivity index (χ0v) is 17.7. The highest BCUT2D eigenvalue weighted by molar-refractivity contribution is 7.22. The number of phenols is 1. The molecular weight excluding hydrogens is 408 g/mol. The molecule has 0 fully saturated rings. The number of aromatic hydroxyl groups is 1. The van der Waals surface area contributed by atoms with Gasteiger partial charge in [0.1, 0.15) is 17.0 Å². The van der Waals surface area contributed by atoms with E-state index in [2.05, 4.69) is 27.1 Å². The van der Waals surface area contributed by atoms with E-state index in [0.29, 0.717) is 23.8 Å². The van der Waals surface area contributed by atoms with Gasteiger partial charge in [0.2, 0.25) is 0 Å². The van der Waals surface area contributed by atoms with Crippen LogP contribution in [0.25, 0.3) is 10.2 Å². The van der Waals surface area contributed by atoms with Crippen LogP contribution in [-0.4, -0.2) is 28.2 Å². The predicted octanol–water partition coefficient (Wildman–Crippen LogP) is 4.45. The number of aromatic nitrogens is 2. The van der Waals surface area contributed by atoms with Crippen molar-refractivity contribution >= 4 is 32.4 Å². The number of nitrogens with two attached hydrogens (primary N) is 1. The Morgan fingerprint density at radius 1 is 1.13 bits per heavy atom. The number of benzene rings is 2. The highest BCUT2D eigenvalue weighted by atomic mass is 32.1. The Kier molecular flexibility index (Phi) is 6.50. The first kappa shape index (κ1) is 20.5. The molecule has 0 spiro atoms. The number of nitrogens with zero attached hydrogens (tertiary/aromatic N) is 2. The molecule has 0 saturated carbocycles. The lowest BCUT2D eigenvalue weighted by atomic mass is 10.1. The van der Waals surface area contributed by atoms with Crippen LogP contribution in [0.2, 0.25) is 0 Å². The number of anilines is 2.